The lowest BCUT2D eigenvalue weighted by atomic mass is 9.91. The second-order valence-corrected chi connectivity index (χ2v) is 6.35. The van der Waals surface area contributed by atoms with Crippen LogP contribution < -0.4 is 5.73 Å². The van der Waals surface area contributed by atoms with Crippen molar-refractivity contribution in [3.63, 3.8) is 0 Å². The Morgan fingerprint density at radius 2 is 1.90 bits per heavy atom. The van der Waals surface area contributed by atoms with E-state index in [1.165, 1.54) is 0 Å². The molecule has 0 saturated carbocycles. The van der Waals surface area contributed by atoms with Crippen LogP contribution in [0.2, 0.25) is 10.0 Å². The number of aliphatic hydroxyl groups is 1. The molecule has 0 amide bonds. The van der Waals surface area contributed by atoms with Crippen molar-refractivity contribution in [1.82, 2.24) is 0 Å². The van der Waals surface area contributed by atoms with Crippen molar-refractivity contribution in [3.8, 4) is 0 Å². The van der Waals surface area contributed by atoms with E-state index in [1.807, 2.05) is 11.4 Å². The van der Waals surface area contributed by atoms with E-state index >= 15 is 0 Å². The Kier molecular flexibility index (Phi) is 5.47. The number of rotatable bonds is 5. The molecule has 1 aromatic heterocycles. The SMILES string of the molecule is CCc1ccsc1C(O)C(CN)c1c(Cl)cccc1Cl. The third kappa shape index (κ3) is 3.02. The van der Waals surface area contributed by atoms with Crippen molar-refractivity contribution >= 4 is 34.5 Å². The van der Waals surface area contributed by atoms with Crippen LogP contribution in [0.5, 0.6) is 0 Å². The third-order valence-corrected chi connectivity index (χ3v) is 5.12. The number of hydrogen-bond donors (Lipinski definition) is 2. The fraction of sp³-hybridized carbons (Fsp3) is 0.333. The molecule has 0 bridgehead atoms. The van der Waals surface area contributed by atoms with Gasteiger partial charge in [-0.15, -0.1) is 11.3 Å². The summed E-state index contributed by atoms with van der Waals surface area (Å²) in [4.78, 5) is 0.943. The van der Waals surface area contributed by atoms with E-state index in [1.54, 1.807) is 29.5 Å². The molecular formula is C15H17Cl2NOS. The zero-order valence-electron chi connectivity index (χ0n) is 11.1. The van der Waals surface area contributed by atoms with Crippen LogP contribution in [-0.4, -0.2) is 11.7 Å². The van der Waals surface area contributed by atoms with Crippen LogP contribution in [0.15, 0.2) is 29.6 Å². The number of nitrogens with two attached hydrogens (primary N) is 1. The number of halogens is 2. The van der Waals surface area contributed by atoms with E-state index < -0.39 is 6.10 Å². The fourth-order valence-corrected chi connectivity index (χ4v) is 4.08. The van der Waals surface area contributed by atoms with Crippen molar-refractivity contribution < 1.29 is 5.11 Å². The zero-order chi connectivity index (χ0) is 14.7. The van der Waals surface area contributed by atoms with Crippen LogP contribution in [-0.2, 0) is 6.42 Å². The molecule has 0 aliphatic heterocycles. The minimum absolute atomic E-state index is 0.283. The molecule has 0 aliphatic rings. The fourth-order valence-electron chi connectivity index (χ4n) is 2.35. The minimum Gasteiger partial charge on any atom is -0.387 e. The first kappa shape index (κ1) is 15.8. The Morgan fingerprint density at radius 1 is 1.25 bits per heavy atom. The van der Waals surface area contributed by atoms with E-state index in [9.17, 15) is 5.11 Å². The predicted octanol–water partition coefficient (Wildman–Crippen LogP) is 4.39. The highest BCUT2D eigenvalue weighted by atomic mass is 35.5. The number of hydrogen-bond acceptors (Lipinski definition) is 3. The molecule has 2 rings (SSSR count). The Morgan fingerprint density at radius 3 is 2.45 bits per heavy atom. The van der Waals surface area contributed by atoms with Gasteiger partial charge in [-0.25, -0.2) is 0 Å². The highest BCUT2D eigenvalue weighted by Gasteiger charge is 2.27. The molecule has 0 aliphatic carbocycles. The van der Waals surface area contributed by atoms with Crippen molar-refractivity contribution in [2.24, 2.45) is 5.73 Å². The highest BCUT2D eigenvalue weighted by Crippen LogP contribution is 2.40. The van der Waals surface area contributed by atoms with Gasteiger partial charge >= 0.3 is 0 Å². The van der Waals surface area contributed by atoms with E-state index in [4.69, 9.17) is 28.9 Å². The summed E-state index contributed by atoms with van der Waals surface area (Å²) in [5.74, 6) is -0.305. The van der Waals surface area contributed by atoms with Crippen molar-refractivity contribution in [1.29, 1.82) is 0 Å². The average Bonchev–Trinajstić information content (AvgIpc) is 2.90. The Balaban J connectivity index is 2.42. The average molecular weight is 330 g/mol. The van der Waals surface area contributed by atoms with Crippen LogP contribution in [0.1, 0.15) is 34.9 Å². The van der Waals surface area contributed by atoms with Crippen molar-refractivity contribution in [2.75, 3.05) is 6.54 Å². The second kappa shape index (κ2) is 6.92. The second-order valence-electron chi connectivity index (χ2n) is 4.59. The van der Waals surface area contributed by atoms with Crippen LogP contribution in [0.3, 0.4) is 0 Å². The summed E-state index contributed by atoms with van der Waals surface area (Å²) in [7, 11) is 0. The van der Waals surface area contributed by atoms with E-state index in [0.29, 0.717) is 10.0 Å². The van der Waals surface area contributed by atoms with Crippen LogP contribution in [0, 0.1) is 0 Å². The molecule has 0 spiro atoms. The smallest absolute Gasteiger partial charge is 0.0966 e. The summed E-state index contributed by atoms with van der Waals surface area (Å²) >= 11 is 14.0. The molecule has 2 unspecified atom stereocenters. The van der Waals surface area contributed by atoms with E-state index in [-0.39, 0.29) is 12.5 Å². The van der Waals surface area contributed by atoms with Gasteiger partial charge in [-0.3, -0.25) is 0 Å². The summed E-state index contributed by atoms with van der Waals surface area (Å²) in [6.45, 7) is 2.35. The molecular weight excluding hydrogens is 313 g/mol. The molecule has 2 atom stereocenters. The lowest BCUT2D eigenvalue weighted by Gasteiger charge is -2.24. The van der Waals surface area contributed by atoms with Gasteiger partial charge in [-0.1, -0.05) is 36.2 Å². The Labute approximate surface area is 133 Å². The van der Waals surface area contributed by atoms with Gasteiger partial charge in [0.15, 0.2) is 0 Å². The molecule has 0 fully saturated rings. The number of thiophene rings is 1. The number of aliphatic hydroxyl groups excluding tert-OH is 1. The predicted molar refractivity (Wildman–Crippen MR) is 86.9 cm³/mol. The van der Waals surface area contributed by atoms with E-state index in [0.717, 1.165) is 22.4 Å². The first-order valence-electron chi connectivity index (χ1n) is 6.48. The van der Waals surface area contributed by atoms with Gasteiger partial charge in [0.1, 0.15) is 0 Å². The summed E-state index contributed by atoms with van der Waals surface area (Å²) < 4.78 is 0. The van der Waals surface area contributed by atoms with Crippen molar-refractivity contribution in [3.05, 3.63) is 55.7 Å². The third-order valence-electron chi connectivity index (χ3n) is 3.44. The minimum atomic E-state index is -0.688. The van der Waals surface area contributed by atoms with Gasteiger partial charge in [0.2, 0.25) is 0 Å². The lowest BCUT2D eigenvalue weighted by Crippen LogP contribution is -2.21. The molecule has 20 heavy (non-hydrogen) atoms. The summed E-state index contributed by atoms with van der Waals surface area (Å²) in [5.41, 5.74) is 7.73. The maximum absolute atomic E-state index is 10.7. The van der Waals surface area contributed by atoms with Crippen LogP contribution >= 0.6 is 34.5 Å². The largest absolute Gasteiger partial charge is 0.387 e. The number of benzene rings is 1. The monoisotopic (exact) mass is 329 g/mol. The quantitative estimate of drug-likeness (QED) is 0.854. The summed E-state index contributed by atoms with van der Waals surface area (Å²) in [6, 6.07) is 7.36. The molecule has 108 valence electrons. The standard InChI is InChI=1S/C15H17Cl2NOS/c1-2-9-6-7-20-15(9)14(19)10(8-18)13-11(16)4-3-5-12(13)17/h3-7,10,14,19H,2,8,18H2,1H3. The molecule has 2 aromatic rings. The van der Waals surface area contributed by atoms with Gasteiger partial charge in [-0.05, 0) is 41.1 Å². The molecule has 0 saturated heterocycles. The molecule has 1 heterocycles. The highest BCUT2D eigenvalue weighted by molar-refractivity contribution is 7.10. The van der Waals surface area contributed by atoms with Crippen LogP contribution in [0.4, 0.5) is 0 Å². The first-order chi connectivity index (χ1) is 9.60. The molecule has 0 radical (unpaired) electrons. The van der Waals surface area contributed by atoms with Crippen LogP contribution in [0.25, 0.3) is 0 Å². The van der Waals surface area contributed by atoms with Gasteiger partial charge in [0, 0.05) is 27.4 Å². The van der Waals surface area contributed by atoms with Crippen molar-refractivity contribution in [2.45, 2.75) is 25.4 Å². The van der Waals surface area contributed by atoms with Gasteiger partial charge in [-0.2, -0.15) is 0 Å². The normalized spacial score (nSPS) is 14.2. The summed E-state index contributed by atoms with van der Waals surface area (Å²) in [6.07, 6.45) is 0.191. The maximum atomic E-state index is 10.7. The van der Waals surface area contributed by atoms with E-state index in [2.05, 4.69) is 6.92 Å². The van der Waals surface area contributed by atoms with Gasteiger partial charge in [0.05, 0.1) is 6.10 Å². The summed E-state index contributed by atoms with van der Waals surface area (Å²) in [5, 5.41) is 13.8. The zero-order valence-corrected chi connectivity index (χ0v) is 13.5. The van der Waals surface area contributed by atoms with Gasteiger partial charge in [0.25, 0.3) is 0 Å². The first-order valence-corrected chi connectivity index (χ1v) is 8.12. The topological polar surface area (TPSA) is 46.2 Å². The van der Waals surface area contributed by atoms with Gasteiger partial charge < -0.3 is 10.8 Å². The molecule has 2 nitrogen and oxygen atoms in total. The Bertz CT molecular complexity index is 565. The number of aryl methyl sites for hydroxylation is 1. The lowest BCUT2D eigenvalue weighted by molar-refractivity contribution is 0.150. The molecule has 1 aromatic carbocycles. The maximum Gasteiger partial charge on any atom is 0.0966 e. The molecule has 3 N–H and O–H groups in total. The Hall–Kier alpha value is -0.580. The molecule has 5 heteroatoms.